The van der Waals surface area contributed by atoms with E-state index in [2.05, 4.69) is 67.7 Å². The second kappa shape index (κ2) is 13.0. The lowest BCUT2D eigenvalue weighted by Gasteiger charge is -2.37. The van der Waals surface area contributed by atoms with Crippen LogP contribution in [0.15, 0.2) is 54.6 Å². The van der Waals surface area contributed by atoms with Crippen LogP contribution in [0.3, 0.4) is 0 Å². The van der Waals surface area contributed by atoms with Gasteiger partial charge in [-0.05, 0) is 92.4 Å². The molecule has 0 aromatic heterocycles. The molecular formula is C34H54O5Si2. The highest BCUT2D eigenvalue weighted by Crippen LogP contribution is 2.39. The normalized spacial score (nSPS) is 15.1. The Kier molecular flexibility index (Phi) is 11.1. The molecule has 0 fully saturated rings. The summed E-state index contributed by atoms with van der Waals surface area (Å²) in [6.07, 6.45) is 3.30. The average molecular weight is 599 g/mol. The predicted molar refractivity (Wildman–Crippen MR) is 177 cm³/mol. The van der Waals surface area contributed by atoms with Gasteiger partial charge in [0, 0.05) is 5.92 Å². The third kappa shape index (κ3) is 9.95. The number of rotatable bonds is 10. The fourth-order valence-electron chi connectivity index (χ4n) is 3.40. The lowest BCUT2D eigenvalue weighted by atomic mass is 9.92. The molecule has 41 heavy (non-hydrogen) atoms. The molecule has 2 aromatic carbocycles. The van der Waals surface area contributed by atoms with Gasteiger partial charge < -0.3 is 18.7 Å². The molecule has 1 N–H and O–H groups in total. The first-order chi connectivity index (χ1) is 18.5. The highest BCUT2D eigenvalue weighted by Gasteiger charge is 2.39. The molecule has 0 aliphatic carbocycles. The number of esters is 1. The fourth-order valence-corrected chi connectivity index (χ4v) is 5.46. The topological polar surface area (TPSA) is 65.0 Å². The maximum atomic E-state index is 12.2. The smallest absolute Gasteiger partial charge is 0.316 e. The highest BCUT2D eigenvalue weighted by molar-refractivity contribution is 6.75. The highest BCUT2D eigenvalue weighted by atomic mass is 28.4. The molecule has 0 bridgehead atoms. The van der Waals surface area contributed by atoms with Crippen molar-refractivity contribution in [1.29, 1.82) is 0 Å². The van der Waals surface area contributed by atoms with Crippen molar-refractivity contribution < 1.29 is 23.5 Å². The van der Waals surface area contributed by atoms with Gasteiger partial charge in [-0.3, -0.25) is 4.79 Å². The first-order valence-electron chi connectivity index (χ1n) is 14.6. The standard InChI is InChI=1S/C34H54O5Si2/c1-32(2,3)31(36)38-27-19-14-25(15-20-27)16-23-29(30(35)24-37-40(10,11)33(4,5)6)26-17-21-28(22-18-26)39-41(12,13)34(7,8)9/h14-23,29-30,35H,24H2,1-13H3/b23-16-/t29-,30-/m0/s1. The number of hydrogen-bond donors (Lipinski definition) is 1. The molecular weight excluding hydrogens is 545 g/mol. The summed E-state index contributed by atoms with van der Waals surface area (Å²) in [4.78, 5) is 12.2. The van der Waals surface area contributed by atoms with Gasteiger partial charge >= 0.3 is 5.97 Å². The number of hydrogen-bond acceptors (Lipinski definition) is 5. The largest absolute Gasteiger partial charge is 0.544 e. The van der Waals surface area contributed by atoms with Crippen molar-refractivity contribution in [1.82, 2.24) is 0 Å². The molecule has 2 aromatic rings. The molecule has 0 saturated carbocycles. The molecule has 0 aliphatic heterocycles. The molecule has 0 aliphatic rings. The van der Waals surface area contributed by atoms with Crippen LogP contribution in [-0.2, 0) is 9.22 Å². The number of aliphatic hydroxyl groups is 1. The van der Waals surface area contributed by atoms with E-state index in [1.807, 2.05) is 69.3 Å². The summed E-state index contributed by atoms with van der Waals surface area (Å²) in [7, 11) is -3.99. The predicted octanol–water partition coefficient (Wildman–Crippen LogP) is 9.20. The molecule has 2 atom stereocenters. The third-order valence-corrected chi connectivity index (χ3v) is 17.3. The van der Waals surface area contributed by atoms with E-state index in [-0.39, 0.29) is 28.6 Å². The van der Waals surface area contributed by atoms with Crippen molar-refractivity contribution in [3.63, 3.8) is 0 Å². The molecule has 0 heterocycles. The summed E-state index contributed by atoms with van der Waals surface area (Å²) in [5.74, 6) is 0.820. The van der Waals surface area contributed by atoms with E-state index in [4.69, 9.17) is 13.6 Å². The van der Waals surface area contributed by atoms with Crippen LogP contribution >= 0.6 is 0 Å². The van der Waals surface area contributed by atoms with Gasteiger partial charge in [0.05, 0.1) is 18.1 Å². The SMILES string of the molecule is CC(C)(C)C(=O)Oc1ccc(/C=C\[C@@H](c2ccc(O[Si](C)(C)C(C)(C)C)cc2)[C@@H](O)CO[Si](C)(C)C(C)(C)C)cc1. The van der Waals surface area contributed by atoms with Crippen LogP contribution in [0.25, 0.3) is 6.08 Å². The zero-order chi connectivity index (χ0) is 31.4. The molecule has 7 heteroatoms. The quantitative estimate of drug-likeness (QED) is 0.168. The summed E-state index contributed by atoms with van der Waals surface area (Å²) in [5.41, 5.74) is 1.37. The van der Waals surface area contributed by atoms with E-state index in [1.165, 1.54) is 0 Å². The summed E-state index contributed by atoms with van der Waals surface area (Å²) < 4.78 is 18.4. The molecule has 0 saturated heterocycles. The molecule has 0 amide bonds. The lowest BCUT2D eigenvalue weighted by molar-refractivity contribution is -0.143. The second-order valence-corrected chi connectivity index (χ2v) is 24.7. The maximum Gasteiger partial charge on any atom is 0.316 e. The van der Waals surface area contributed by atoms with Crippen molar-refractivity contribution in [3.05, 3.63) is 65.7 Å². The summed E-state index contributed by atoms with van der Waals surface area (Å²) in [6.45, 7) is 27.9. The van der Waals surface area contributed by atoms with Crippen LogP contribution in [0, 0.1) is 5.41 Å². The molecule has 0 spiro atoms. The van der Waals surface area contributed by atoms with Crippen molar-refractivity contribution in [2.75, 3.05) is 6.61 Å². The van der Waals surface area contributed by atoms with Crippen LogP contribution in [0.2, 0.25) is 36.3 Å². The van der Waals surface area contributed by atoms with Gasteiger partial charge in [0.1, 0.15) is 11.5 Å². The van der Waals surface area contributed by atoms with Gasteiger partial charge in [-0.2, -0.15) is 0 Å². The van der Waals surface area contributed by atoms with Gasteiger partial charge in [-0.25, -0.2) is 0 Å². The Morgan fingerprint density at radius 1 is 0.780 bits per heavy atom. The Balaban J connectivity index is 2.31. The van der Waals surface area contributed by atoms with E-state index in [1.54, 1.807) is 12.1 Å². The van der Waals surface area contributed by atoms with Crippen molar-refractivity contribution in [2.45, 2.75) is 111 Å². The van der Waals surface area contributed by atoms with Gasteiger partial charge in [0.25, 0.3) is 0 Å². The Labute approximate surface area is 251 Å². The molecule has 2 rings (SSSR count). The molecule has 0 radical (unpaired) electrons. The number of benzene rings is 2. The monoisotopic (exact) mass is 598 g/mol. The van der Waals surface area contributed by atoms with Gasteiger partial charge in [0.15, 0.2) is 8.32 Å². The van der Waals surface area contributed by atoms with Crippen molar-refractivity contribution in [2.24, 2.45) is 5.41 Å². The summed E-state index contributed by atoms with van der Waals surface area (Å²) >= 11 is 0. The van der Waals surface area contributed by atoms with E-state index in [9.17, 15) is 9.90 Å². The first-order valence-corrected chi connectivity index (χ1v) is 20.5. The zero-order valence-electron chi connectivity index (χ0n) is 27.7. The third-order valence-electron chi connectivity index (χ3n) is 8.48. The van der Waals surface area contributed by atoms with Crippen LogP contribution in [0.1, 0.15) is 79.4 Å². The maximum absolute atomic E-state index is 12.2. The molecule has 228 valence electrons. The zero-order valence-corrected chi connectivity index (χ0v) is 29.7. The van der Waals surface area contributed by atoms with Crippen molar-refractivity contribution in [3.8, 4) is 11.5 Å². The lowest BCUT2D eigenvalue weighted by Crippen LogP contribution is -2.43. The van der Waals surface area contributed by atoms with E-state index in [0.29, 0.717) is 5.75 Å². The minimum Gasteiger partial charge on any atom is -0.544 e. The van der Waals surface area contributed by atoms with E-state index < -0.39 is 28.2 Å². The average Bonchev–Trinajstić information content (AvgIpc) is 2.82. The van der Waals surface area contributed by atoms with Crippen molar-refractivity contribution >= 4 is 28.7 Å². The van der Waals surface area contributed by atoms with Crippen LogP contribution in [-0.4, -0.2) is 40.4 Å². The minimum atomic E-state index is -2.03. The van der Waals surface area contributed by atoms with E-state index >= 15 is 0 Å². The molecule has 0 unspecified atom stereocenters. The summed E-state index contributed by atoms with van der Waals surface area (Å²) in [6, 6.07) is 15.5. The second-order valence-electron chi connectivity index (χ2n) is 15.2. The Morgan fingerprint density at radius 3 is 1.73 bits per heavy atom. The molecule has 5 nitrogen and oxygen atoms in total. The fraction of sp³-hybridized carbons (Fsp3) is 0.559. The number of carbonyl (C=O) groups excluding carboxylic acids is 1. The Hall–Kier alpha value is -2.20. The summed E-state index contributed by atoms with van der Waals surface area (Å²) in [5, 5.41) is 11.6. The Morgan fingerprint density at radius 2 is 1.27 bits per heavy atom. The first kappa shape index (κ1) is 35.0. The van der Waals surface area contributed by atoms with Crippen LogP contribution in [0.5, 0.6) is 11.5 Å². The minimum absolute atomic E-state index is 0.0545. The van der Waals surface area contributed by atoms with Crippen LogP contribution in [0.4, 0.5) is 0 Å². The van der Waals surface area contributed by atoms with Gasteiger partial charge in [0.2, 0.25) is 8.32 Å². The Bertz CT molecular complexity index is 1160. The van der Waals surface area contributed by atoms with E-state index in [0.717, 1.165) is 16.9 Å². The van der Waals surface area contributed by atoms with Crippen LogP contribution < -0.4 is 9.16 Å². The number of ether oxygens (including phenoxy) is 1. The van der Waals surface area contributed by atoms with Gasteiger partial charge in [-0.15, -0.1) is 0 Å². The number of aliphatic hydroxyl groups excluding tert-OH is 1. The van der Waals surface area contributed by atoms with Gasteiger partial charge in [-0.1, -0.05) is 78.0 Å². The number of carbonyl (C=O) groups is 1.